The average molecular weight is 284 g/mol. The highest BCUT2D eigenvalue weighted by molar-refractivity contribution is 5.45. The summed E-state index contributed by atoms with van der Waals surface area (Å²) in [4.78, 5) is 0. The summed E-state index contributed by atoms with van der Waals surface area (Å²) in [7, 11) is 0. The Morgan fingerprint density at radius 1 is 1.05 bits per heavy atom. The lowest BCUT2D eigenvalue weighted by atomic mass is 10.0. The summed E-state index contributed by atoms with van der Waals surface area (Å²) in [5.41, 5.74) is 8.30. The molecule has 2 aromatic rings. The van der Waals surface area contributed by atoms with Gasteiger partial charge in [-0.25, -0.2) is 0 Å². The molecule has 0 spiro atoms. The highest BCUT2D eigenvalue weighted by atomic mass is 16.7. The first-order valence-electron chi connectivity index (χ1n) is 7.18. The van der Waals surface area contributed by atoms with Crippen LogP contribution in [0.15, 0.2) is 48.5 Å². The molecule has 1 aliphatic heterocycles. The Morgan fingerprint density at radius 2 is 1.81 bits per heavy atom. The predicted octanol–water partition coefficient (Wildman–Crippen LogP) is 2.77. The Kier molecular flexibility index (Phi) is 4.08. The van der Waals surface area contributed by atoms with E-state index in [1.165, 1.54) is 5.56 Å². The molecular weight excluding hydrogens is 264 g/mol. The van der Waals surface area contributed by atoms with E-state index in [4.69, 9.17) is 15.2 Å². The number of nitrogens with one attached hydrogen (secondary N) is 1. The van der Waals surface area contributed by atoms with E-state index < -0.39 is 0 Å². The zero-order valence-electron chi connectivity index (χ0n) is 12.1. The van der Waals surface area contributed by atoms with E-state index in [1.807, 2.05) is 36.4 Å². The fraction of sp³-hybridized carbons (Fsp3) is 0.294. The number of ether oxygens (including phenoxy) is 2. The lowest BCUT2D eigenvalue weighted by Crippen LogP contribution is -2.30. The van der Waals surface area contributed by atoms with Crippen LogP contribution in [0.25, 0.3) is 0 Å². The molecule has 21 heavy (non-hydrogen) atoms. The molecule has 0 saturated carbocycles. The van der Waals surface area contributed by atoms with Crippen LogP contribution in [0.4, 0.5) is 0 Å². The maximum absolute atomic E-state index is 5.94. The third-order valence-corrected chi connectivity index (χ3v) is 3.79. The van der Waals surface area contributed by atoms with Gasteiger partial charge in [0.25, 0.3) is 0 Å². The second-order valence-electron chi connectivity index (χ2n) is 5.20. The van der Waals surface area contributed by atoms with E-state index in [9.17, 15) is 0 Å². The van der Waals surface area contributed by atoms with Crippen LogP contribution in [0.5, 0.6) is 11.5 Å². The van der Waals surface area contributed by atoms with Crippen molar-refractivity contribution >= 4 is 0 Å². The van der Waals surface area contributed by atoms with Crippen LogP contribution in [0.3, 0.4) is 0 Å². The molecule has 3 N–H and O–H groups in total. The molecule has 0 saturated heterocycles. The van der Waals surface area contributed by atoms with Gasteiger partial charge in [-0.05, 0) is 30.2 Å². The molecule has 2 unspecified atom stereocenters. The van der Waals surface area contributed by atoms with Crippen molar-refractivity contribution in [2.45, 2.75) is 19.0 Å². The average Bonchev–Trinajstić information content (AvgIpc) is 3.00. The SMILES string of the molecule is CC(NC(CN)c1ccc2c(c1)OCO2)c1ccccc1. The monoisotopic (exact) mass is 284 g/mol. The number of benzene rings is 2. The largest absolute Gasteiger partial charge is 0.454 e. The van der Waals surface area contributed by atoms with Crippen molar-refractivity contribution in [1.29, 1.82) is 0 Å². The second-order valence-corrected chi connectivity index (χ2v) is 5.20. The molecule has 4 heteroatoms. The number of hydrogen-bond acceptors (Lipinski definition) is 4. The first-order valence-corrected chi connectivity index (χ1v) is 7.18. The van der Waals surface area contributed by atoms with Gasteiger partial charge < -0.3 is 20.5 Å². The van der Waals surface area contributed by atoms with E-state index in [2.05, 4.69) is 24.4 Å². The molecule has 1 aliphatic rings. The van der Waals surface area contributed by atoms with Crippen molar-refractivity contribution < 1.29 is 9.47 Å². The molecule has 1 heterocycles. The molecule has 0 aliphatic carbocycles. The third kappa shape index (κ3) is 3.01. The van der Waals surface area contributed by atoms with Gasteiger partial charge in [0, 0.05) is 18.6 Å². The molecule has 3 rings (SSSR count). The molecule has 0 amide bonds. The normalized spacial score (nSPS) is 15.7. The van der Waals surface area contributed by atoms with Crippen LogP contribution >= 0.6 is 0 Å². The van der Waals surface area contributed by atoms with E-state index in [1.54, 1.807) is 0 Å². The van der Waals surface area contributed by atoms with Gasteiger partial charge in [0.15, 0.2) is 11.5 Å². The smallest absolute Gasteiger partial charge is 0.231 e. The molecule has 110 valence electrons. The van der Waals surface area contributed by atoms with Gasteiger partial charge in [0.05, 0.1) is 0 Å². The molecule has 2 atom stereocenters. The molecule has 0 aromatic heterocycles. The third-order valence-electron chi connectivity index (χ3n) is 3.79. The number of nitrogens with two attached hydrogens (primary N) is 1. The first kappa shape index (κ1) is 13.9. The summed E-state index contributed by atoms with van der Waals surface area (Å²) in [6.45, 7) is 2.96. The van der Waals surface area contributed by atoms with Crippen LogP contribution < -0.4 is 20.5 Å². The number of rotatable bonds is 5. The van der Waals surface area contributed by atoms with Gasteiger partial charge in [-0.1, -0.05) is 36.4 Å². The Morgan fingerprint density at radius 3 is 2.57 bits per heavy atom. The highest BCUT2D eigenvalue weighted by Crippen LogP contribution is 2.34. The fourth-order valence-corrected chi connectivity index (χ4v) is 2.57. The molecule has 0 bridgehead atoms. The quantitative estimate of drug-likeness (QED) is 0.886. The van der Waals surface area contributed by atoms with Crippen LogP contribution in [0.1, 0.15) is 30.1 Å². The maximum Gasteiger partial charge on any atom is 0.231 e. The number of hydrogen-bond donors (Lipinski definition) is 2. The van der Waals surface area contributed by atoms with E-state index in [-0.39, 0.29) is 12.1 Å². The summed E-state index contributed by atoms with van der Waals surface area (Å²) in [5.74, 6) is 1.59. The van der Waals surface area contributed by atoms with E-state index in [0.717, 1.165) is 17.1 Å². The van der Waals surface area contributed by atoms with Gasteiger partial charge in [-0.2, -0.15) is 0 Å². The summed E-state index contributed by atoms with van der Waals surface area (Å²) >= 11 is 0. The van der Waals surface area contributed by atoms with Gasteiger partial charge in [0.1, 0.15) is 0 Å². The maximum atomic E-state index is 5.94. The van der Waals surface area contributed by atoms with E-state index >= 15 is 0 Å². The Labute approximate surface area is 124 Å². The van der Waals surface area contributed by atoms with Crippen LogP contribution in [0, 0.1) is 0 Å². The van der Waals surface area contributed by atoms with Gasteiger partial charge in [-0.3, -0.25) is 0 Å². The zero-order valence-corrected chi connectivity index (χ0v) is 12.1. The fourth-order valence-electron chi connectivity index (χ4n) is 2.57. The van der Waals surface area contributed by atoms with Crippen molar-refractivity contribution in [3.63, 3.8) is 0 Å². The molecule has 2 aromatic carbocycles. The number of fused-ring (bicyclic) bond motifs is 1. The van der Waals surface area contributed by atoms with Crippen LogP contribution in [0.2, 0.25) is 0 Å². The highest BCUT2D eigenvalue weighted by Gasteiger charge is 2.18. The van der Waals surface area contributed by atoms with Crippen molar-refractivity contribution in [2.24, 2.45) is 5.73 Å². The first-order chi connectivity index (χ1) is 10.3. The minimum Gasteiger partial charge on any atom is -0.454 e. The van der Waals surface area contributed by atoms with Crippen molar-refractivity contribution in [3.8, 4) is 11.5 Å². The lowest BCUT2D eigenvalue weighted by Gasteiger charge is -2.23. The standard InChI is InChI=1S/C17H20N2O2/c1-12(13-5-3-2-4-6-13)19-15(10-18)14-7-8-16-17(9-14)21-11-20-16/h2-9,12,15,19H,10-11,18H2,1H3. The topological polar surface area (TPSA) is 56.5 Å². The zero-order chi connectivity index (χ0) is 14.7. The lowest BCUT2D eigenvalue weighted by molar-refractivity contribution is 0.174. The summed E-state index contributed by atoms with van der Waals surface area (Å²) in [6.07, 6.45) is 0. The van der Waals surface area contributed by atoms with Gasteiger partial charge in [-0.15, -0.1) is 0 Å². The minimum atomic E-state index is 0.0784. The molecule has 0 fully saturated rings. The van der Waals surface area contributed by atoms with Crippen molar-refractivity contribution in [2.75, 3.05) is 13.3 Å². The van der Waals surface area contributed by atoms with Gasteiger partial charge >= 0.3 is 0 Å². The second kappa shape index (κ2) is 6.16. The summed E-state index contributed by atoms with van der Waals surface area (Å²) in [6, 6.07) is 16.6. The van der Waals surface area contributed by atoms with Gasteiger partial charge in [0.2, 0.25) is 6.79 Å². The molecule has 4 nitrogen and oxygen atoms in total. The van der Waals surface area contributed by atoms with Crippen LogP contribution in [-0.2, 0) is 0 Å². The Balaban J connectivity index is 1.76. The summed E-state index contributed by atoms with van der Waals surface area (Å²) in [5, 5.41) is 3.57. The van der Waals surface area contributed by atoms with Crippen molar-refractivity contribution in [3.05, 3.63) is 59.7 Å². The van der Waals surface area contributed by atoms with E-state index in [0.29, 0.717) is 13.3 Å². The molecule has 0 radical (unpaired) electrons. The summed E-state index contributed by atoms with van der Waals surface area (Å²) < 4.78 is 10.8. The minimum absolute atomic E-state index is 0.0784. The Bertz CT molecular complexity index is 601. The Hall–Kier alpha value is -2.04. The van der Waals surface area contributed by atoms with Crippen LogP contribution in [-0.4, -0.2) is 13.3 Å². The van der Waals surface area contributed by atoms with Crippen molar-refractivity contribution in [1.82, 2.24) is 5.32 Å². The predicted molar refractivity (Wildman–Crippen MR) is 82.4 cm³/mol. The molecular formula is C17H20N2O2.